The molecule has 1 aromatic carbocycles. The standard InChI is InChI=1S/C16H18F3N3O2S/c17-16(18,19)24-13-5-3-12(4-6-13)20-15(25)22-9-7-21(8-10-22)14(23)11-1-2-11/h3-6,11H,1-2,7-10H2,(H,20,25). The zero-order valence-corrected chi connectivity index (χ0v) is 14.2. The summed E-state index contributed by atoms with van der Waals surface area (Å²) in [4.78, 5) is 15.9. The van der Waals surface area contributed by atoms with E-state index in [0.29, 0.717) is 37.0 Å². The molecule has 1 aromatic rings. The molecule has 9 heteroatoms. The van der Waals surface area contributed by atoms with Crippen LogP contribution < -0.4 is 10.1 Å². The first-order valence-electron chi connectivity index (χ1n) is 8.02. The molecule has 0 atom stereocenters. The van der Waals surface area contributed by atoms with Crippen LogP contribution in [0.15, 0.2) is 24.3 Å². The van der Waals surface area contributed by atoms with E-state index in [9.17, 15) is 18.0 Å². The largest absolute Gasteiger partial charge is 0.573 e. The van der Waals surface area contributed by atoms with Gasteiger partial charge in [0, 0.05) is 37.8 Å². The van der Waals surface area contributed by atoms with E-state index in [-0.39, 0.29) is 17.6 Å². The van der Waals surface area contributed by atoms with Crippen molar-refractivity contribution in [3.8, 4) is 5.75 Å². The second-order valence-corrected chi connectivity index (χ2v) is 6.48. The molecule has 1 aliphatic carbocycles. The van der Waals surface area contributed by atoms with Crippen LogP contribution in [-0.4, -0.2) is 53.4 Å². The molecular weight excluding hydrogens is 355 g/mol. The molecule has 1 saturated heterocycles. The van der Waals surface area contributed by atoms with Gasteiger partial charge in [-0.15, -0.1) is 13.2 Å². The van der Waals surface area contributed by atoms with Crippen LogP contribution in [0.25, 0.3) is 0 Å². The molecule has 0 spiro atoms. The minimum atomic E-state index is -4.71. The molecule has 1 N–H and O–H groups in total. The number of amides is 1. The maximum atomic E-state index is 12.1. The third kappa shape index (κ3) is 4.97. The summed E-state index contributed by atoms with van der Waals surface area (Å²) in [6.07, 6.45) is -2.72. The Balaban J connectivity index is 1.48. The van der Waals surface area contributed by atoms with Crippen molar-refractivity contribution in [3.05, 3.63) is 24.3 Å². The fourth-order valence-electron chi connectivity index (χ4n) is 2.66. The highest BCUT2D eigenvalue weighted by atomic mass is 32.1. The van der Waals surface area contributed by atoms with Crippen LogP contribution in [0.5, 0.6) is 5.75 Å². The molecule has 5 nitrogen and oxygen atoms in total. The number of anilines is 1. The minimum Gasteiger partial charge on any atom is -0.406 e. The number of nitrogens with zero attached hydrogens (tertiary/aromatic N) is 2. The van der Waals surface area contributed by atoms with Crippen LogP contribution in [0.2, 0.25) is 0 Å². The second kappa shape index (κ2) is 7.07. The van der Waals surface area contributed by atoms with Gasteiger partial charge in [0.2, 0.25) is 5.91 Å². The molecule has 1 saturated carbocycles. The third-order valence-electron chi connectivity index (χ3n) is 4.14. The number of halogens is 3. The van der Waals surface area contributed by atoms with Crippen LogP contribution in [0.4, 0.5) is 18.9 Å². The van der Waals surface area contributed by atoms with Crippen molar-refractivity contribution < 1.29 is 22.7 Å². The molecule has 0 bridgehead atoms. The predicted octanol–water partition coefficient (Wildman–Crippen LogP) is 2.84. The first kappa shape index (κ1) is 17.8. The number of piperazine rings is 1. The average Bonchev–Trinajstić information content (AvgIpc) is 3.40. The first-order chi connectivity index (χ1) is 11.8. The van der Waals surface area contributed by atoms with Crippen LogP contribution in [0.3, 0.4) is 0 Å². The van der Waals surface area contributed by atoms with Crippen LogP contribution in [-0.2, 0) is 4.79 Å². The van der Waals surface area contributed by atoms with Crippen molar-refractivity contribution >= 4 is 28.9 Å². The fraction of sp³-hybridized carbons (Fsp3) is 0.500. The Hall–Kier alpha value is -2.03. The van der Waals surface area contributed by atoms with Gasteiger partial charge in [0.15, 0.2) is 5.11 Å². The third-order valence-corrected chi connectivity index (χ3v) is 4.50. The van der Waals surface area contributed by atoms with Gasteiger partial charge in [-0.25, -0.2) is 0 Å². The molecule has 1 aliphatic heterocycles. The van der Waals surface area contributed by atoms with Gasteiger partial charge in [0.05, 0.1) is 0 Å². The molecule has 3 rings (SSSR count). The number of thiocarbonyl (C=S) groups is 1. The molecule has 25 heavy (non-hydrogen) atoms. The lowest BCUT2D eigenvalue weighted by Gasteiger charge is -2.36. The smallest absolute Gasteiger partial charge is 0.406 e. The first-order valence-corrected chi connectivity index (χ1v) is 8.43. The second-order valence-electron chi connectivity index (χ2n) is 6.09. The quantitative estimate of drug-likeness (QED) is 0.826. The average molecular weight is 373 g/mol. The Morgan fingerprint density at radius 3 is 2.16 bits per heavy atom. The summed E-state index contributed by atoms with van der Waals surface area (Å²) < 4.78 is 40.3. The highest BCUT2D eigenvalue weighted by molar-refractivity contribution is 7.80. The number of carbonyl (C=O) groups excluding carboxylic acids is 1. The zero-order chi connectivity index (χ0) is 18.0. The van der Waals surface area contributed by atoms with E-state index >= 15 is 0 Å². The number of hydrogen-bond acceptors (Lipinski definition) is 3. The SMILES string of the molecule is O=C(C1CC1)N1CCN(C(=S)Nc2ccc(OC(F)(F)F)cc2)CC1. The van der Waals surface area contributed by atoms with Gasteiger partial charge in [-0.2, -0.15) is 0 Å². The van der Waals surface area contributed by atoms with E-state index in [2.05, 4.69) is 10.1 Å². The maximum Gasteiger partial charge on any atom is 0.573 e. The fourth-order valence-corrected chi connectivity index (χ4v) is 2.96. The molecule has 0 radical (unpaired) electrons. The normalized spacial score (nSPS) is 18.0. The lowest BCUT2D eigenvalue weighted by Crippen LogP contribution is -2.52. The van der Waals surface area contributed by atoms with Crippen molar-refractivity contribution in [2.24, 2.45) is 5.92 Å². The monoisotopic (exact) mass is 373 g/mol. The Morgan fingerprint density at radius 2 is 1.64 bits per heavy atom. The number of benzene rings is 1. The summed E-state index contributed by atoms with van der Waals surface area (Å²) in [6, 6.07) is 5.40. The molecule has 0 unspecified atom stereocenters. The maximum absolute atomic E-state index is 12.1. The Morgan fingerprint density at radius 1 is 1.08 bits per heavy atom. The van der Waals surface area contributed by atoms with E-state index in [1.807, 2.05) is 9.80 Å². The van der Waals surface area contributed by atoms with Crippen LogP contribution in [0, 0.1) is 5.92 Å². The molecule has 2 aliphatic rings. The highest BCUT2D eigenvalue weighted by Gasteiger charge is 2.35. The number of alkyl halides is 3. The summed E-state index contributed by atoms with van der Waals surface area (Å²) in [5.74, 6) is 0.170. The van der Waals surface area contributed by atoms with E-state index < -0.39 is 6.36 Å². The number of carbonyl (C=O) groups is 1. The Kier molecular flexibility index (Phi) is 5.03. The van der Waals surface area contributed by atoms with Gasteiger partial charge < -0.3 is 19.9 Å². The van der Waals surface area contributed by atoms with Crippen molar-refractivity contribution in [3.63, 3.8) is 0 Å². The van der Waals surface area contributed by atoms with Crippen molar-refractivity contribution in [2.45, 2.75) is 19.2 Å². The van der Waals surface area contributed by atoms with Crippen molar-refractivity contribution in [1.82, 2.24) is 9.80 Å². The predicted molar refractivity (Wildman–Crippen MR) is 90.2 cm³/mol. The van der Waals surface area contributed by atoms with Gasteiger partial charge in [-0.05, 0) is 49.3 Å². The van der Waals surface area contributed by atoms with Gasteiger partial charge in [0.1, 0.15) is 5.75 Å². The minimum absolute atomic E-state index is 0.217. The summed E-state index contributed by atoms with van der Waals surface area (Å²) in [5.41, 5.74) is 0.580. The Labute approximate surface area is 148 Å². The molecule has 136 valence electrons. The highest BCUT2D eigenvalue weighted by Crippen LogP contribution is 2.31. The molecule has 1 heterocycles. The zero-order valence-electron chi connectivity index (χ0n) is 13.4. The van der Waals surface area contributed by atoms with Gasteiger partial charge in [-0.3, -0.25) is 4.79 Å². The van der Waals surface area contributed by atoms with E-state index in [4.69, 9.17) is 12.2 Å². The lowest BCUT2D eigenvalue weighted by molar-refractivity contribution is -0.274. The number of rotatable bonds is 3. The van der Waals surface area contributed by atoms with Gasteiger partial charge in [0.25, 0.3) is 0 Å². The lowest BCUT2D eigenvalue weighted by atomic mass is 10.2. The van der Waals surface area contributed by atoms with E-state index in [1.165, 1.54) is 24.3 Å². The summed E-state index contributed by atoms with van der Waals surface area (Å²) in [5, 5.41) is 3.49. The summed E-state index contributed by atoms with van der Waals surface area (Å²) in [7, 11) is 0. The van der Waals surface area contributed by atoms with Crippen molar-refractivity contribution in [1.29, 1.82) is 0 Å². The number of hydrogen-bond donors (Lipinski definition) is 1. The van der Waals surface area contributed by atoms with Gasteiger partial charge in [-0.1, -0.05) is 0 Å². The Bertz CT molecular complexity index is 639. The molecule has 2 fully saturated rings. The molecule has 1 amide bonds. The number of nitrogens with one attached hydrogen (secondary N) is 1. The van der Waals surface area contributed by atoms with Crippen LogP contribution >= 0.6 is 12.2 Å². The van der Waals surface area contributed by atoms with Gasteiger partial charge >= 0.3 is 6.36 Å². The van der Waals surface area contributed by atoms with E-state index in [1.54, 1.807) is 0 Å². The molecular formula is C16H18F3N3O2S. The number of ether oxygens (including phenoxy) is 1. The van der Waals surface area contributed by atoms with Crippen molar-refractivity contribution in [2.75, 3.05) is 31.5 Å². The molecule has 0 aromatic heterocycles. The van der Waals surface area contributed by atoms with Crippen LogP contribution in [0.1, 0.15) is 12.8 Å². The summed E-state index contributed by atoms with van der Waals surface area (Å²) in [6.45, 7) is 2.55. The van der Waals surface area contributed by atoms with E-state index in [0.717, 1.165) is 12.8 Å². The summed E-state index contributed by atoms with van der Waals surface area (Å²) >= 11 is 5.34. The topological polar surface area (TPSA) is 44.8 Å².